The minimum absolute atomic E-state index is 0.101. The van der Waals surface area contributed by atoms with E-state index in [1.54, 1.807) is 30.3 Å². The lowest BCUT2D eigenvalue weighted by Gasteiger charge is -2.28. The molecule has 0 spiro atoms. The van der Waals surface area contributed by atoms with Crippen LogP contribution in [0, 0.1) is 0 Å². The molecule has 4 aromatic carbocycles. The minimum Gasteiger partial charge on any atom is -0.504 e. The number of carbonyl (C=O) groups is 1. The molecule has 4 rings (SSSR count). The highest BCUT2D eigenvalue weighted by atomic mass is 16.6. The first-order chi connectivity index (χ1) is 17.1. The molecule has 2 atom stereocenters. The van der Waals surface area contributed by atoms with E-state index in [1.807, 2.05) is 54.6 Å². The second kappa shape index (κ2) is 11.3. The molecule has 35 heavy (non-hydrogen) atoms. The average Bonchev–Trinajstić information content (AvgIpc) is 2.88. The van der Waals surface area contributed by atoms with Gasteiger partial charge in [-0.1, -0.05) is 60.7 Å². The lowest BCUT2D eigenvalue weighted by atomic mass is 10.0. The maximum atomic E-state index is 13.1. The third-order valence-electron chi connectivity index (χ3n) is 5.57. The van der Waals surface area contributed by atoms with Crippen LogP contribution in [0.5, 0.6) is 17.2 Å². The van der Waals surface area contributed by atoms with Gasteiger partial charge < -0.3 is 24.4 Å². The van der Waals surface area contributed by atoms with Crippen molar-refractivity contribution in [3.8, 4) is 17.2 Å². The third kappa shape index (κ3) is 5.83. The predicted octanol–water partition coefficient (Wildman–Crippen LogP) is 5.67. The first-order valence-corrected chi connectivity index (χ1v) is 11.2. The van der Waals surface area contributed by atoms with E-state index < -0.39 is 18.3 Å². The average molecular weight is 474 g/mol. The van der Waals surface area contributed by atoms with Crippen LogP contribution in [0.4, 0.5) is 10.5 Å². The molecule has 0 saturated carbocycles. The number of fused-ring (bicyclic) bond motifs is 1. The lowest BCUT2D eigenvalue weighted by Crippen LogP contribution is -2.31. The van der Waals surface area contributed by atoms with Crippen LogP contribution in [-0.2, 0) is 4.74 Å². The van der Waals surface area contributed by atoms with Crippen molar-refractivity contribution in [1.29, 1.82) is 0 Å². The number of phenolic OH excluding ortho intramolecular Hbond substituents is 1. The van der Waals surface area contributed by atoms with Gasteiger partial charge in [-0.25, -0.2) is 4.79 Å². The minimum atomic E-state index is -0.936. The molecule has 7 nitrogen and oxygen atoms in total. The predicted molar refractivity (Wildman–Crippen MR) is 134 cm³/mol. The maximum absolute atomic E-state index is 13.1. The Morgan fingerprint density at radius 3 is 2.43 bits per heavy atom. The van der Waals surface area contributed by atoms with E-state index in [0.717, 1.165) is 10.8 Å². The molecule has 7 heteroatoms. The zero-order chi connectivity index (χ0) is 24.6. The number of amides is 1. The van der Waals surface area contributed by atoms with Gasteiger partial charge in [-0.15, -0.1) is 0 Å². The van der Waals surface area contributed by atoms with E-state index in [2.05, 4.69) is 5.32 Å². The number of methoxy groups -OCH3 is 1. The topological polar surface area (TPSA) is 97.3 Å². The van der Waals surface area contributed by atoms with Gasteiger partial charge in [0.15, 0.2) is 17.6 Å². The van der Waals surface area contributed by atoms with Gasteiger partial charge in [0.25, 0.3) is 0 Å². The van der Waals surface area contributed by atoms with E-state index in [0.29, 0.717) is 17.0 Å². The van der Waals surface area contributed by atoms with Gasteiger partial charge in [0, 0.05) is 24.0 Å². The number of benzene rings is 4. The highest BCUT2D eigenvalue weighted by molar-refractivity contribution is 6.00. The van der Waals surface area contributed by atoms with Crippen molar-refractivity contribution in [2.24, 2.45) is 0 Å². The SMILES string of the molecule is COc1ccc([C@@H](OC(=O)Nc2cccc3ccccc23)[C@@H](CCO)Oc2ccccc2)cc1O. The highest BCUT2D eigenvalue weighted by Crippen LogP contribution is 2.34. The Balaban J connectivity index is 1.64. The molecule has 4 aromatic rings. The quantitative estimate of drug-likeness (QED) is 0.290. The number of rotatable bonds is 9. The third-order valence-corrected chi connectivity index (χ3v) is 5.57. The molecular weight excluding hydrogens is 446 g/mol. The second-order valence-corrected chi connectivity index (χ2v) is 7.89. The zero-order valence-corrected chi connectivity index (χ0v) is 19.3. The molecule has 0 aliphatic carbocycles. The van der Waals surface area contributed by atoms with Gasteiger partial charge in [0.2, 0.25) is 0 Å². The fourth-order valence-corrected chi connectivity index (χ4v) is 3.90. The fraction of sp³-hybridized carbons (Fsp3) is 0.179. The summed E-state index contributed by atoms with van der Waals surface area (Å²) in [5.41, 5.74) is 1.10. The van der Waals surface area contributed by atoms with E-state index in [1.165, 1.54) is 13.2 Å². The molecule has 0 bridgehead atoms. The molecule has 0 unspecified atom stereocenters. The number of aliphatic hydroxyl groups excluding tert-OH is 1. The summed E-state index contributed by atoms with van der Waals surface area (Å²) in [4.78, 5) is 13.1. The molecule has 1 amide bonds. The molecule has 0 aliphatic rings. The van der Waals surface area contributed by atoms with Crippen molar-refractivity contribution in [3.05, 3.63) is 96.6 Å². The van der Waals surface area contributed by atoms with E-state index in [-0.39, 0.29) is 24.5 Å². The normalized spacial score (nSPS) is 12.5. The highest BCUT2D eigenvalue weighted by Gasteiger charge is 2.30. The summed E-state index contributed by atoms with van der Waals surface area (Å²) in [6.45, 7) is -0.190. The Hall–Kier alpha value is -4.23. The summed E-state index contributed by atoms with van der Waals surface area (Å²) < 4.78 is 17.1. The van der Waals surface area contributed by atoms with Crippen molar-refractivity contribution in [2.45, 2.75) is 18.6 Å². The lowest BCUT2D eigenvalue weighted by molar-refractivity contribution is 0.00898. The van der Waals surface area contributed by atoms with Gasteiger partial charge in [-0.2, -0.15) is 0 Å². The zero-order valence-electron chi connectivity index (χ0n) is 19.3. The number of aromatic hydroxyl groups is 1. The molecule has 0 fully saturated rings. The Bertz CT molecular complexity index is 1270. The summed E-state index contributed by atoms with van der Waals surface area (Å²) in [5, 5.41) is 24.8. The van der Waals surface area contributed by atoms with Crippen LogP contribution in [0.25, 0.3) is 10.8 Å². The molecule has 0 aromatic heterocycles. The summed E-state index contributed by atoms with van der Waals surface area (Å²) in [6, 6.07) is 27.1. The molecule has 0 aliphatic heterocycles. The monoisotopic (exact) mass is 473 g/mol. The van der Waals surface area contributed by atoms with Crippen LogP contribution in [0.15, 0.2) is 91.0 Å². The van der Waals surface area contributed by atoms with Gasteiger partial charge in [0.05, 0.1) is 12.8 Å². The second-order valence-electron chi connectivity index (χ2n) is 7.89. The van der Waals surface area contributed by atoms with Gasteiger partial charge >= 0.3 is 6.09 Å². The van der Waals surface area contributed by atoms with E-state index in [4.69, 9.17) is 14.2 Å². The Morgan fingerprint density at radius 2 is 1.69 bits per heavy atom. The Morgan fingerprint density at radius 1 is 0.943 bits per heavy atom. The van der Waals surface area contributed by atoms with Crippen molar-refractivity contribution in [2.75, 3.05) is 19.0 Å². The smallest absolute Gasteiger partial charge is 0.412 e. The number of ether oxygens (including phenoxy) is 3. The largest absolute Gasteiger partial charge is 0.504 e. The standard InChI is InChI=1S/C28H27NO6/c1-33-25-15-14-20(18-24(25)31)27(26(16-17-30)34-21-10-3-2-4-11-21)35-28(32)29-23-13-7-9-19-8-5-6-12-22(19)23/h2-15,18,26-27,30-31H,16-17H2,1H3,(H,29,32)/t26-,27-/m1/s1. The fourth-order valence-electron chi connectivity index (χ4n) is 3.90. The number of aliphatic hydroxyl groups is 1. The number of nitrogens with one attached hydrogen (secondary N) is 1. The van der Waals surface area contributed by atoms with Crippen LogP contribution in [0.2, 0.25) is 0 Å². The van der Waals surface area contributed by atoms with Crippen LogP contribution in [-0.4, -0.2) is 36.1 Å². The first kappa shape index (κ1) is 23.9. The number of carbonyl (C=O) groups excluding carboxylic acids is 1. The van der Waals surface area contributed by atoms with Crippen molar-refractivity contribution >= 4 is 22.6 Å². The van der Waals surface area contributed by atoms with Crippen molar-refractivity contribution in [1.82, 2.24) is 0 Å². The van der Waals surface area contributed by atoms with Crippen molar-refractivity contribution in [3.63, 3.8) is 0 Å². The maximum Gasteiger partial charge on any atom is 0.412 e. The van der Waals surface area contributed by atoms with Gasteiger partial charge in [-0.05, 0) is 35.7 Å². The van der Waals surface area contributed by atoms with Crippen LogP contribution in [0.3, 0.4) is 0 Å². The number of hydrogen-bond acceptors (Lipinski definition) is 6. The van der Waals surface area contributed by atoms with Crippen LogP contribution in [0.1, 0.15) is 18.1 Å². The van der Waals surface area contributed by atoms with Crippen molar-refractivity contribution < 1.29 is 29.2 Å². The number of hydrogen-bond donors (Lipinski definition) is 3. The number of para-hydroxylation sites is 1. The first-order valence-electron chi connectivity index (χ1n) is 11.2. The van der Waals surface area contributed by atoms with Gasteiger partial charge in [-0.3, -0.25) is 5.32 Å². The summed E-state index contributed by atoms with van der Waals surface area (Å²) in [7, 11) is 1.45. The summed E-state index contributed by atoms with van der Waals surface area (Å²) in [5.74, 6) is 0.748. The number of anilines is 1. The Labute approximate surface area is 203 Å². The summed E-state index contributed by atoms with van der Waals surface area (Å²) in [6.07, 6.45) is -2.17. The van der Waals surface area contributed by atoms with Gasteiger partial charge in [0.1, 0.15) is 11.9 Å². The Kier molecular flexibility index (Phi) is 7.70. The molecule has 3 N–H and O–H groups in total. The molecule has 0 heterocycles. The molecule has 0 radical (unpaired) electrons. The summed E-state index contributed by atoms with van der Waals surface area (Å²) >= 11 is 0. The molecular formula is C28H27NO6. The molecule has 180 valence electrons. The van der Waals surface area contributed by atoms with E-state index >= 15 is 0 Å². The van der Waals surface area contributed by atoms with Crippen LogP contribution < -0.4 is 14.8 Å². The van der Waals surface area contributed by atoms with E-state index in [9.17, 15) is 15.0 Å². The molecule has 0 saturated heterocycles. The van der Waals surface area contributed by atoms with Crippen LogP contribution >= 0.6 is 0 Å². The number of phenols is 1.